The van der Waals surface area contributed by atoms with Gasteiger partial charge in [-0.25, -0.2) is 0 Å². The summed E-state index contributed by atoms with van der Waals surface area (Å²) in [6.45, 7) is 13.9. The number of anilines is 1. The van der Waals surface area contributed by atoms with E-state index in [9.17, 15) is 45.1 Å². The van der Waals surface area contributed by atoms with E-state index in [1.165, 1.54) is 58.0 Å². The van der Waals surface area contributed by atoms with Crippen LogP contribution in [0.1, 0.15) is 70.0 Å². The minimum absolute atomic E-state index is 0.0926. The van der Waals surface area contributed by atoms with E-state index in [4.69, 9.17) is 18.9 Å². The number of amides is 1. The van der Waals surface area contributed by atoms with Gasteiger partial charge in [0.2, 0.25) is 6.21 Å². The number of methoxy groups -OCH3 is 1. The molecule has 5 N–H and O–H groups in total. The molecule has 2 aromatic carbocycles. The number of aliphatic hydroxyl groups excluding tert-OH is 2. The number of hydrogen-bond acceptors (Lipinski definition) is 15. The number of rotatable bonds is 4. The normalized spacial score (nSPS) is 31.9. The maximum Gasteiger partial charge on any atom is 0.312 e. The van der Waals surface area contributed by atoms with Gasteiger partial charge in [-0.15, -0.1) is 0 Å². The van der Waals surface area contributed by atoms with Gasteiger partial charge >= 0.3 is 11.8 Å². The highest BCUT2D eigenvalue weighted by atomic mass is 16.7. The SMILES string of the molecule is CO[C@H]1/C=C/O[C@@]2(C)Oc3c(C)c([O-])c4c(O)c(c(/C=[N+](\[O-])N5CCN(C)CC5)c(O)c4c3C2=O)NC(=O)/C(C)=C\C=C\[C@H](C)[C@H](O)[C@@H](C)[C@@H](O)[C@@H](C)[C@H](OC(C)=O)[C@@H]1C. The number of piperazine rings is 1. The summed E-state index contributed by atoms with van der Waals surface area (Å²) in [6, 6.07) is 0. The maximum atomic E-state index is 14.4. The van der Waals surface area contributed by atoms with Gasteiger partial charge in [-0.3, -0.25) is 14.4 Å². The van der Waals surface area contributed by atoms with Gasteiger partial charge in [-0.1, -0.05) is 56.5 Å². The molecule has 0 aliphatic carbocycles. The number of nitrogens with zero attached hydrogens (tertiary/aromatic N) is 3. The smallest absolute Gasteiger partial charge is 0.312 e. The fourth-order valence-electron chi connectivity index (χ4n) is 8.04. The van der Waals surface area contributed by atoms with Crippen molar-refractivity contribution in [3.05, 3.63) is 58.0 Å². The summed E-state index contributed by atoms with van der Waals surface area (Å²) in [4.78, 5) is 43.0. The zero-order chi connectivity index (χ0) is 44.5. The molecule has 17 nitrogen and oxygen atoms in total. The number of carbonyl (C=O) groups excluding carboxylic acids is 3. The average Bonchev–Trinajstić information content (AvgIpc) is 3.47. The maximum absolute atomic E-state index is 14.4. The van der Waals surface area contributed by atoms with Crippen LogP contribution in [0.3, 0.4) is 0 Å². The van der Waals surface area contributed by atoms with Crippen molar-refractivity contribution in [1.29, 1.82) is 0 Å². The molecule has 4 aliphatic rings. The number of hydrazone groups is 1. The van der Waals surface area contributed by atoms with E-state index in [2.05, 4.69) is 5.32 Å². The van der Waals surface area contributed by atoms with Crippen molar-refractivity contribution in [2.45, 2.75) is 85.6 Å². The summed E-state index contributed by atoms with van der Waals surface area (Å²) in [6.07, 6.45) is 4.18. The van der Waals surface area contributed by atoms with Gasteiger partial charge in [0.05, 0.1) is 43.2 Å². The van der Waals surface area contributed by atoms with Gasteiger partial charge in [-0.2, -0.15) is 5.01 Å². The molecule has 17 heteroatoms. The molecule has 5 bridgehead atoms. The Morgan fingerprint density at radius 3 is 2.27 bits per heavy atom. The first-order valence-corrected chi connectivity index (χ1v) is 20.0. The Morgan fingerprint density at radius 1 is 1.00 bits per heavy atom. The van der Waals surface area contributed by atoms with Crippen molar-refractivity contribution >= 4 is 40.3 Å². The van der Waals surface area contributed by atoms with Crippen molar-refractivity contribution < 1.29 is 63.7 Å². The minimum Gasteiger partial charge on any atom is -0.872 e. The Bertz CT molecular complexity index is 2120. The Morgan fingerprint density at radius 2 is 1.65 bits per heavy atom. The molecular weight excluding hydrogens is 780 g/mol. The molecule has 6 rings (SSSR count). The number of hydrazine groups is 1. The number of phenolic OH excluding ortho intramolecular Hbond substituents is 2. The number of Topliss-reactive ketones (excluding diaryl/α,β-unsaturated/α-hetero) is 1. The molecule has 0 saturated carbocycles. The first kappa shape index (κ1) is 45.7. The molecule has 1 amide bonds. The lowest BCUT2D eigenvalue weighted by Gasteiger charge is -2.38. The summed E-state index contributed by atoms with van der Waals surface area (Å²) < 4.78 is 23.5. The van der Waals surface area contributed by atoms with Crippen LogP contribution in [-0.2, 0) is 23.8 Å². The lowest BCUT2D eigenvalue weighted by atomic mass is 9.78. The number of aliphatic hydroxyl groups is 2. The summed E-state index contributed by atoms with van der Waals surface area (Å²) in [5.74, 6) is -9.56. The van der Waals surface area contributed by atoms with E-state index in [1.54, 1.807) is 33.8 Å². The van der Waals surface area contributed by atoms with Crippen LogP contribution in [0, 0.1) is 35.8 Å². The Balaban J connectivity index is 1.73. The molecule has 1 fully saturated rings. The second-order valence-corrected chi connectivity index (χ2v) is 16.3. The zero-order valence-electron chi connectivity index (χ0n) is 35.7. The van der Waals surface area contributed by atoms with Crippen LogP contribution in [0.15, 0.2) is 36.1 Å². The molecule has 0 aromatic heterocycles. The lowest BCUT2D eigenvalue weighted by molar-refractivity contribution is -0.636. The molecule has 0 radical (unpaired) electrons. The number of aromatic hydroxyl groups is 2. The number of hydrogen-bond donors (Lipinski definition) is 5. The molecule has 2 aromatic rings. The van der Waals surface area contributed by atoms with Gasteiger partial charge in [-0.05, 0) is 32.5 Å². The number of nitrogens with one attached hydrogen (secondary N) is 1. The highest BCUT2D eigenvalue weighted by Crippen LogP contribution is 2.54. The van der Waals surface area contributed by atoms with Crippen LogP contribution >= 0.6 is 0 Å². The summed E-state index contributed by atoms with van der Waals surface area (Å²) in [5.41, 5.74) is -1.15. The Labute approximate surface area is 349 Å². The zero-order valence-corrected chi connectivity index (χ0v) is 35.7. The number of allylic oxidation sites excluding steroid dienone is 2. The minimum atomic E-state index is -2.13. The van der Waals surface area contributed by atoms with Crippen molar-refractivity contribution in [1.82, 2.24) is 9.91 Å². The molecule has 4 heterocycles. The highest BCUT2D eigenvalue weighted by Gasteiger charge is 2.49. The molecule has 60 heavy (non-hydrogen) atoms. The standard InChI is InChI=1S/C43H58N4O13/c1-21-12-11-13-22(2)42(55)44-33-28(20-47(56)46-17-15-45(9)16-18-46)37(52)30-31(38(33)53)36(51)26(6)40-32(30)41(54)43(8,60-40)58-19-14-29(57-10)23(3)39(59-27(7)48)25(5)35(50)24(4)34(21)49/h11-14,19-21,23-25,29,34-35,39,49-53H,15-18H2,1-10H3,(H,44,55)/p-1/b12-11+,19-14+,22-13-,47-20-/t21-,23+,24+,25+,29-,34-,35+,39+,43-/m0/s1. The van der Waals surface area contributed by atoms with Crippen molar-refractivity contribution in [2.75, 3.05) is 45.7 Å². The topological polar surface area (TPSA) is 237 Å². The van der Waals surface area contributed by atoms with Gasteiger partial charge in [0.1, 0.15) is 34.6 Å². The Kier molecular flexibility index (Phi) is 13.8. The molecule has 328 valence electrons. The lowest BCUT2D eigenvalue weighted by Crippen LogP contribution is -2.47. The number of ether oxygens (including phenoxy) is 4. The van der Waals surface area contributed by atoms with E-state index in [0.717, 1.165) is 12.5 Å². The summed E-state index contributed by atoms with van der Waals surface area (Å²) in [5, 5.41) is 77.6. The fourth-order valence-corrected chi connectivity index (χ4v) is 8.04. The molecule has 9 atom stereocenters. The second-order valence-electron chi connectivity index (χ2n) is 16.3. The number of carbonyl (C=O) groups is 3. The number of phenols is 2. The number of benzene rings is 2. The quantitative estimate of drug-likeness (QED) is 0.0566. The largest absolute Gasteiger partial charge is 0.872 e. The predicted molar refractivity (Wildman–Crippen MR) is 219 cm³/mol. The molecule has 0 spiro atoms. The van der Waals surface area contributed by atoms with Crippen molar-refractivity contribution in [3.8, 4) is 23.0 Å². The fraction of sp³-hybridized carbons (Fsp3) is 0.535. The molecule has 1 saturated heterocycles. The number of esters is 1. The van der Waals surface area contributed by atoms with Gasteiger partial charge in [0.25, 0.3) is 11.7 Å². The van der Waals surface area contributed by atoms with Crippen molar-refractivity contribution in [3.63, 3.8) is 0 Å². The van der Waals surface area contributed by atoms with Crippen molar-refractivity contribution in [2.24, 2.45) is 23.7 Å². The number of likely N-dealkylation sites (N-methyl/N-ethyl adjacent to an activating group) is 1. The van der Waals surface area contributed by atoms with Crippen LogP contribution in [0.25, 0.3) is 10.8 Å². The van der Waals surface area contributed by atoms with Gasteiger partial charge in [0.15, 0.2) is 0 Å². The van der Waals surface area contributed by atoms with Gasteiger partial charge in [0, 0.05) is 74.1 Å². The average molecular weight is 838 g/mol. The van der Waals surface area contributed by atoms with Crippen LogP contribution in [-0.4, -0.2) is 130 Å². The summed E-state index contributed by atoms with van der Waals surface area (Å²) in [7, 11) is 3.32. The first-order chi connectivity index (χ1) is 28.1. The third kappa shape index (κ3) is 8.75. The first-order valence-electron chi connectivity index (χ1n) is 20.0. The molecular formula is C43H57N4O13-. The van der Waals surface area contributed by atoms with E-state index in [-0.39, 0.29) is 28.0 Å². The van der Waals surface area contributed by atoms with E-state index in [0.29, 0.717) is 31.0 Å². The van der Waals surface area contributed by atoms with Crippen LogP contribution < -0.4 is 15.2 Å². The predicted octanol–water partition coefficient (Wildman–Crippen LogP) is 3.21. The van der Waals surface area contributed by atoms with Crippen LogP contribution in [0.5, 0.6) is 23.0 Å². The summed E-state index contributed by atoms with van der Waals surface area (Å²) >= 11 is 0. The third-order valence-electron chi connectivity index (χ3n) is 12.0. The van der Waals surface area contributed by atoms with Crippen LogP contribution in [0.4, 0.5) is 5.69 Å². The van der Waals surface area contributed by atoms with E-state index in [1.807, 2.05) is 11.9 Å². The highest BCUT2D eigenvalue weighted by molar-refractivity contribution is 6.23. The third-order valence-corrected chi connectivity index (χ3v) is 12.0. The molecule has 0 unspecified atom stereocenters. The molecule has 4 aliphatic heterocycles. The van der Waals surface area contributed by atoms with Gasteiger partial charge < -0.3 is 59.9 Å². The monoisotopic (exact) mass is 837 g/mol. The second kappa shape index (κ2) is 18.1. The Hall–Kier alpha value is -5.36. The van der Waals surface area contributed by atoms with Crippen LogP contribution in [0.2, 0.25) is 0 Å². The number of ketones is 1. The number of fused-ring (bicyclic) bond motifs is 14. The van der Waals surface area contributed by atoms with E-state index >= 15 is 0 Å². The van der Waals surface area contributed by atoms with E-state index < -0.39 is 105 Å².